The van der Waals surface area contributed by atoms with Gasteiger partial charge in [-0.1, -0.05) is 48.5 Å². The van der Waals surface area contributed by atoms with Crippen molar-refractivity contribution in [2.45, 2.75) is 18.5 Å². The van der Waals surface area contributed by atoms with Crippen LogP contribution in [0.4, 0.5) is 13.2 Å². The fourth-order valence-corrected chi connectivity index (χ4v) is 2.40. The van der Waals surface area contributed by atoms with Gasteiger partial charge in [-0.25, -0.2) is 0 Å². The van der Waals surface area contributed by atoms with Crippen molar-refractivity contribution in [1.82, 2.24) is 0 Å². The number of ketones is 1. The van der Waals surface area contributed by atoms with Gasteiger partial charge in [-0.15, -0.1) is 0 Å². The predicted octanol–water partition coefficient (Wildman–Crippen LogP) is 4.34. The van der Waals surface area contributed by atoms with Gasteiger partial charge in [0.25, 0.3) is 0 Å². The molecular weight excluding hydrogens is 323 g/mol. The van der Waals surface area contributed by atoms with E-state index in [4.69, 9.17) is 0 Å². The highest BCUT2D eigenvalue weighted by Gasteiger charge is 2.32. The van der Waals surface area contributed by atoms with Crippen molar-refractivity contribution in [3.8, 4) is 0 Å². The average molecular weight is 337 g/mol. The van der Waals surface area contributed by atoms with E-state index in [0.29, 0.717) is 5.56 Å². The molecule has 2 aromatic carbocycles. The maximum atomic E-state index is 12.8. The highest BCUT2D eigenvalue weighted by molar-refractivity contribution is 5.96. The minimum absolute atomic E-state index is 0.130. The monoisotopic (exact) mass is 337 g/mol. The first kappa shape index (κ1) is 17.7. The molecule has 0 amide bonds. The molecule has 0 N–H and O–H groups in total. The van der Waals surface area contributed by atoms with Crippen molar-refractivity contribution in [1.29, 1.82) is 0 Å². The van der Waals surface area contributed by atoms with Crippen LogP contribution in [0, 0.1) is 10.1 Å². The van der Waals surface area contributed by atoms with Crippen LogP contribution in [0.5, 0.6) is 0 Å². The molecule has 0 fully saturated rings. The average Bonchev–Trinajstić information content (AvgIpc) is 2.54. The minimum Gasteiger partial charge on any atom is -0.294 e. The molecule has 0 radical (unpaired) electrons. The van der Waals surface area contributed by atoms with E-state index in [1.165, 1.54) is 12.1 Å². The van der Waals surface area contributed by atoms with Crippen LogP contribution in [0.1, 0.15) is 33.8 Å². The van der Waals surface area contributed by atoms with E-state index >= 15 is 0 Å². The van der Waals surface area contributed by atoms with Crippen molar-refractivity contribution in [3.63, 3.8) is 0 Å². The molecule has 0 saturated heterocycles. The second-order valence-corrected chi connectivity index (χ2v) is 5.33. The van der Waals surface area contributed by atoms with Gasteiger partial charge < -0.3 is 0 Å². The summed E-state index contributed by atoms with van der Waals surface area (Å²) in [7, 11) is 0. The molecular formula is C17H14F3NO3. The Bertz CT molecular complexity index is 729. The summed E-state index contributed by atoms with van der Waals surface area (Å²) >= 11 is 0. The summed E-state index contributed by atoms with van der Waals surface area (Å²) in [5.41, 5.74) is -0.385. The second kappa shape index (κ2) is 7.25. The molecule has 2 rings (SSSR count). The number of nitrogens with zero attached hydrogens (tertiary/aromatic N) is 1. The number of Topliss-reactive ketones (excluding diaryl/α,β-unsaturated/α-hetero) is 1. The van der Waals surface area contributed by atoms with Gasteiger partial charge in [-0.2, -0.15) is 13.2 Å². The zero-order valence-electron chi connectivity index (χ0n) is 12.5. The first-order chi connectivity index (χ1) is 11.3. The standard InChI is InChI=1S/C17H14F3NO3/c18-17(19,20)15-8-4-7-13(9-15)14(11-21(23)24)10-16(22)12-5-2-1-3-6-12/h1-9,14H,10-11H2/t14-/m1/s1. The Hall–Kier alpha value is -2.70. The van der Waals surface area contributed by atoms with Gasteiger partial charge >= 0.3 is 6.18 Å². The fourth-order valence-electron chi connectivity index (χ4n) is 2.40. The smallest absolute Gasteiger partial charge is 0.294 e. The maximum Gasteiger partial charge on any atom is 0.416 e. The van der Waals surface area contributed by atoms with E-state index in [1.807, 2.05) is 0 Å². The van der Waals surface area contributed by atoms with E-state index in [-0.39, 0.29) is 17.8 Å². The first-order valence-electron chi connectivity index (χ1n) is 7.14. The lowest BCUT2D eigenvalue weighted by atomic mass is 9.90. The summed E-state index contributed by atoms with van der Waals surface area (Å²) in [4.78, 5) is 22.5. The molecule has 0 spiro atoms. The van der Waals surface area contributed by atoms with E-state index in [1.54, 1.807) is 30.3 Å². The lowest BCUT2D eigenvalue weighted by Gasteiger charge is -2.15. The summed E-state index contributed by atoms with van der Waals surface area (Å²) < 4.78 is 38.5. The number of carbonyl (C=O) groups is 1. The number of benzene rings is 2. The quantitative estimate of drug-likeness (QED) is 0.447. The minimum atomic E-state index is -4.54. The van der Waals surface area contributed by atoms with Crippen LogP contribution in [-0.2, 0) is 6.18 Å². The van der Waals surface area contributed by atoms with Gasteiger partial charge in [0.2, 0.25) is 6.54 Å². The van der Waals surface area contributed by atoms with E-state index < -0.39 is 29.1 Å². The largest absolute Gasteiger partial charge is 0.416 e. The molecule has 0 aliphatic heterocycles. The molecule has 1 atom stereocenters. The third kappa shape index (κ3) is 4.65. The molecule has 0 aromatic heterocycles. The summed E-state index contributed by atoms with van der Waals surface area (Å²) in [6.07, 6.45) is -4.77. The molecule has 0 unspecified atom stereocenters. The molecule has 0 bridgehead atoms. The highest BCUT2D eigenvalue weighted by Crippen LogP contribution is 2.32. The highest BCUT2D eigenvalue weighted by atomic mass is 19.4. The number of rotatable bonds is 6. The normalized spacial score (nSPS) is 12.6. The van der Waals surface area contributed by atoms with Crippen molar-refractivity contribution in [3.05, 3.63) is 81.4 Å². The van der Waals surface area contributed by atoms with Crippen LogP contribution in [0.15, 0.2) is 54.6 Å². The Morgan fingerprint density at radius 1 is 1.08 bits per heavy atom. The maximum absolute atomic E-state index is 12.8. The van der Waals surface area contributed by atoms with Crippen LogP contribution in [0.2, 0.25) is 0 Å². The molecule has 2 aromatic rings. The number of hydrogen-bond acceptors (Lipinski definition) is 3. The van der Waals surface area contributed by atoms with Crippen molar-refractivity contribution >= 4 is 5.78 Å². The Morgan fingerprint density at radius 2 is 1.75 bits per heavy atom. The summed E-state index contributed by atoms with van der Waals surface area (Å²) in [6, 6.07) is 12.5. The number of alkyl halides is 3. The first-order valence-corrected chi connectivity index (χ1v) is 7.14. The lowest BCUT2D eigenvalue weighted by Crippen LogP contribution is -2.17. The third-order valence-electron chi connectivity index (χ3n) is 3.58. The van der Waals surface area contributed by atoms with Gasteiger partial charge in [0.15, 0.2) is 5.78 Å². The van der Waals surface area contributed by atoms with Gasteiger partial charge in [0, 0.05) is 16.9 Å². The summed E-state index contributed by atoms with van der Waals surface area (Å²) in [5, 5.41) is 10.9. The van der Waals surface area contributed by atoms with Crippen LogP contribution in [0.25, 0.3) is 0 Å². The van der Waals surface area contributed by atoms with Crippen LogP contribution < -0.4 is 0 Å². The van der Waals surface area contributed by atoms with Crippen molar-refractivity contribution in [2.75, 3.05) is 6.54 Å². The number of carbonyl (C=O) groups excluding carboxylic acids is 1. The van der Waals surface area contributed by atoms with Gasteiger partial charge in [-0.3, -0.25) is 14.9 Å². The number of halogens is 3. The summed E-state index contributed by atoms with van der Waals surface area (Å²) in [6.45, 7) is -0.611. The third-order valence-corrected chi connectivity index (χ3v) is 3.58. The second-order valence-electron chi connectivity index (χ2n) is 5.33. The lowest BCUT2D eigenvalue weighted by molar-refractivity contribution is -0.483. The Labute approximate surface area is 136 Å². The molecule has 4 nitrogen and oxygen atoms in total. The summed E-state index contributed by atoms with van der Waals surface area (Å²) in [5.74, 6) is -1.27. The van der Waals surface area contributed by atoms with E-state index in [9.17, 15) is 28.1 Å². The van der Waals surface area contributed by atoms with Gasteiger partial charge in [-0.05, 0) is 11.6 Å². The van der Waals surface area contributed by atoms with Crippen LogP contribution in [0.3, 0.4) is 0 Å². The Morgan fingerprint density at radius 3 is 2.33 bits per heavy atom. The predicted molar refractivity (Wildman–Crippen MR) is 81.4 cm³/mol. The molecule has 24 heavy (non-hydrogen) atoms. The van der Waals surface area contributed by atoms with Crippen LogP contribution in [-0.4, -0.2) is 17.3 Å². The molecule has 0 aliphatic rings. The zero-order valence-corrected chi connectivity index (χ0v) is 12.5. The molecule has 0 aliphatic carbocycles. The number of nitro groups is 1. The Balaban J connectivity index is 2.29. The SMILES string of the molecule is O=C(C[C@H](C[N+](=O)[O-])c1cccc(C(F)(F)F)c1)c1ccccc1. The van der Waals surface area contributed by atoms with Crippen molar-refractivity contribution in [2.24, 2.45) is 0 Å². The van der Waals surface area contributed by atoms with Crippen molar-refractivity contribution < 1.29 is 22.9 Å². The Kier molecular flexibility index (Phi) is 5.33. The van der Waals surface area contributed by atoms with E-state index in [0.717, 1.165) is 12.1 Å². The molecule has 7 heteroatoms. The number of hydrogen-bond donors (Lipinski definition) is 0. The van der Waals surface area contributed by atoms with Gasteiger partial charge in [0.05, 0.1) is 11.5 Å². The van der Waals surface area contributed by atoms with E-state index in [2.05, 4.69) is 0 Å². The molecule has 0 heterocycles. The zero-order chi connectivity index (χ0) is 17.7. The fraction of sp³-hybridized carbons (Fsp3) is 0.235. The molecule has 126 valence electrons. The molecule has 0 saturated carbocycles. The topological polar surface area (TPSA) is 60.2 Å². The van der Waals surface area contributed by atoms with Gasteiger partial charge in [0.1, 0.15) is 0 Å². The van der Waals surface area contributed by atoms with Crippen LogP contribution >= 0.6 is 0 Å².